The van der Waals surface area contributed by atoms with Crippen LogP contribution in [0.1, 0.15) is 54.7 Å². The van der Waals surface area contributed by atoms with E-state index in [-0.39, 0.29) is 5.38 Å². The smallest absolute Gasteiger partial charge is 0.0587 e. The second kappa shape index (κ2) is 6.51. The molecule has 0 saturated heterocycles. The highest BCUT2D eigenvalue weighted by atomic mass is 35.5. The Kier molecular flexibility index (Phi) is 5.64. The molecule has 0 amide bonds. The van der Waals surface area contributed by atoms with E-state index in [1.165, 1.54) is 30.4 Å². The number of hydrogen-bond acceptors (Lipinski definition) is 0. The summed E-state index contributed by atoms with van der Waals surface area (Å²) in [6.45, 7) is 6.32. The van der Waals surface area contributed by atoms with Gasteiger partial charge in [0.15, 0.2) is 0 Å². The summed E-state index contributed by atoms with van der Waals surface area (Å²) in [6, 6.07) is 4.14. The van der Waals surface area contributed by atoms with Gasteiger partial charge in [0.05, 0.1) is 5.38 Å². The number of alkyl halides is 1. The summed E-state index contributed by atoms with van der Waals surface area (Å²) < 4.78 is 0. The predicted molar refractivity (Wildman–Crippen MR) is 73.7 cm³/mol. The number of hydrogen-bond donors (Lipinski definition) is 0. The lowest BCUT2D eigenvalue weighted by molar-refractivity contribution is 0.654. The van der Waals surface area contributed by atoms with Gasteiger partial charge in [-0.2, -0.15) is 0 Å². The summed E-state index contributed by atoms with van der Waals surface area (Å²) in [5.74, 6) is 0. The van der Waals surface area contributed by atoms with Gasteiger partial charge in [-0.15, -0.1) is 11.6 Å². The van der Waals surface area contributed by atoms with Gasteiger partial charge in [0.2, 0.25) is 0 Å². The zero-order valence-corrected chi connectivity index (χ0v) is 11.8. The van der Waals surface area contributed by atoms with E-state index in [9.17, 15) is 0 Å². The van der Waals surface area contributed by atoms with E-state index in [2.05, 4.69) is 19.9 Å². The molecule has 0 nitrogen and oxygen atoms in total. The SMILES string of the molecule is CCCCCC(Cl)c1cc(C)c(Cl)cc1C. The number of rotatable bonds is 5. The maximum absolute atomic E-state index is 6.43. The van der Waals surface area contributed by atoms with Crippen LogP contribution in [0.25, 0.3) is 0 Å². The summed E-state index contributed by atoms with van der Waals surface area (Å²) in [5, 5.41) is 0.959. The summed E-state index contributed by atoms with van der Waals surface area (Å²) in [5.41, 5.74) is 3.55. The lowest BCUT2D eigenvalue weighted by atomic mass is 9.99. The minimum atomic E-state index is 0.127. The highest BCUT2D eigenvalue weighted by molar-refractivity contribution is 6.31. The molecule has 1 aromatic rings. The first-order valence-electron chi connectivity index (χ1n) is 5.97. The summed E-state index contributed by atoms with van der Waals surface area (Å²) in [6.07, 6.45) is 4.75. The highest BCUT2D eigenvalue weighted by Gasteiger charge is 2.12. The van der Waals surface area contributed by atoms with E-state index in [4.69, 9.17) is 23.2 Å². The van der Waals surface area contributed by atoms with Crippen molar-refractivity contribution in [2.45, 2.75) is 51.8 Å². The Morgan fingerprint density at radius 2 is 1.81 bits per heavy atom. The molecule has 0 N–H and O–H groups in total. The second-order valence-electron chi connectivity index (χ2n) is 4.42. The first-order valence-corrected chi connectivity index (χ1v) is 6.78. The molecule has 0 aliphatic carbocycles. The number of halogens is 2. The van der Waals surface area contributed by atoms with Gasteiger partial charge in [0.25, 0.3) is 0 Å². The van der Waals surface area contributed by atoms with Crippen LogP contribution < -0.4 is 0 Å². The standard InChI is InChI=1S/C14H20Cl2/c1-4-5-6-7-13(15)12-8-11(3)14(16)9-10(12)2/h8-9,13H,4-7H2,1-3H3. The van der Waals surface area contributed by atoms with Gasteiger partial charge in [-0.3, -0.25) is 0 Å². The normalized spacial score (nSPS) is 12.8. The van der Waals surface area contributed by atoms with Crippen molar-refractivity contribution in [3.63, 3.8) is 0 Å². The maximum atomic E-state index is 6.43. The molecule has 0 heterocycles. The lowest BCUT2D eigenvalue weighted by Crippen LogP contribution is -1.96. The molecule has 1 rings (SSSR count). The average molecular weight is 259 g/mol. The summed E-state index contributed by atoms with van der Waals surface area (Å²) >= 11 is 12.5. The van der Waals surface area contributed by atoms with E-state index < -0.39 is 0 Å². The highest BCUT2D eigenvalue weighted by Crippen LogP contribution is 2.32. The molecule has 2 heteroatoms. The molecule has 1 aromatic carbocycles. The monoisotopic (exact) mass is 258 g/mol. The topological polar surface area (TPSA) is 0 Å². The fourth-order valence-electron chi connectivity index (χ4n) is 1.87. The summed E-state index contributed by atoms with van der Waals surface area (Å²) in [7, 11) is 0. The predicted octanol–water partition coefficient (Wildman–Crippen LogP) is 5.82. The van der Waals surface area contributed by atoms with Crippen molar-refractivity contribution in [3.8, 4) is 0 Å². The molecule has 0 bridgehead atoms. The van der Waals surface area contributed by atoms with Crippen LogP contribution in [0.2, 0.25) is 5.02 Å². The molecule has 0 spiro atoms. The minimum absolute atomic E-state index is 0.127. The van der Waals surface area contributed by atoms with Crippen molar-refractivity contribution >= 4 is 23.2 Å². The number of benzene rings is 1. The Bertz CT molecular complexity index is 345. The third-order valence-corrected chi connectivity index (χ3v) is 3.81. The van der Waals surface area contributed by atoms with Crippen LogP contribution in [0.15, 0.2) is 12.1 Å². The molecule has 90 valence electrons. The largest absolute Gasteiger partial charge is 0.118 e. The zero-order valence-electron chi connectivity index (χ0n) is 10.3. The molecule has 16 heavy (non-hydrogen) atoms. The Morgan fingerprint density at radius 1 is 1.12 bits per heavy atom. The molecule has 0 aromatic heterocycles. The molecule has 0 saturated carbocycles. The van der Waals surface area contributed by atoms with Gasteiger partial charge in [0.1, 0.15) is 0 Å². The Hall–Kier alpha value is -0.200. The summed E-state index contributed by atoms with van der Waals surface area (Å²) in [4.78, 5) is 0. The van der Waals surface area contributed by atoms with Crippen LogP contribution in [0, 0.1) is 13.8 Å². The van der Waals surface area contributed by atoms with Gasteiger partial charge in [-0.1, -0.05) is 43.9 Å². The molecule has 0 fully saturated rings. The molecular formula is C14H20Cl2. The van der Waals surface area contributed by atoms with E-state index in [1.54, 1.807) is 0 Å². The minimum Gasteiger partial charge on any atom is -0.118 e. The molecule has 0 radical (unpaired) electrons. The Labute approximate surface area is 109 Å². The maximum Gasteiger partial charge on any atom is 0.0587 e. The average Bonchev–Trinajstić information content (AvgIpc) is 2.23. The first kappa shape index (κ1) is 13.9. The van der Waals surface area contributed by atoms with E-state index >= 15 is 0 Å². The van der Waals surface area contributed by atoms with Crippen molar-refractivity contribution in [2.75, 3.05) is 0 Å². The van der Waals surface area contributed by atoms with Gasteiger partial charge in [-0.25, -0.2) is 0 Å². The fourth-order valence-corrected chi connectivity index (χ4v) is 2.48. The molecule has 1 atom stereocenters. The van der Waals surface area contributed by atoms with E-state index in [0.29, 0.717) is 0 Å². The van der Waals surface area contributed by atoms with Crippen LogP contribution in [0.3, 0.4) is 0 Å². The fraction of sp³-hybridized carbons (Fsp3) is 0.571. The van der Waals surface area contributed by atoms with Crippen LogP contribution in [0.4, 0.5) is 0 Å². The molecular weight excluding hydrogens is 239 g/mol. The van der Waals surface area contributed by atoms with Gasteiger partial charge >= 0.3 is 0 Å². The van der Waals surface area contributed by atoms with Crippen LogP contribution in [-0.2, 0) is 0 Å². The Morgan fingerprint density at radius 3 is 2.44 bits per heavy atom. The Balaban J connectivity index is 2.75. The van der Waals surface area contributed by atoms with Crippen molar-refractivity contribution in [1.82, 2.24) is 0 Å². The van der Waals surface area contributed by atoms with Crippen LogP contribution >= 0.6 is 23.2 Å². The third kappa shape index (κ3) is 3.68. The molecule has 0 aliphatic heterocycles. The number of aryl methyl sites for hydroxylation is 2. The van der Waals surface area contributed by atoms with Crippen LogP contribution in [0.5, 0.6) is 0 Å². The second-order valence-corrected chi connectivity index (χ2v) is 5.36. The van der Waals surface area contributed by atoms with Gasteiger partial charge in [0, 0.05) is 5.02 Å². The number of unbranched alkanes of at least 4 members (excludes halogenated alkanes) is 2. The lowest BCUT2D eigenvalue weighted by Gasteiger charge is -2.14. The van der Waals surface area contributed by atoms with Crippen molar-refractivity contribution in [3.05, 3.63) is 33.8 Å². The molecule has 1 unspecified atom stereocenters. The first-order chi connectivity index (χ1) is 7.56. The zero-order chi connectivity index (χ0) is 12.1. The van der Waals surface area contributed by atoms with Crippen molar-refractivity contribution in [1.29, 1.82) is 0 Å². The van der Waals surface area contributed by atoms with Gasteiger partial charge < -0.3 is 0 Å². The molecule has 0 aliphatic rings. The quantitative estimate of drug-likeness (QED) is 0.462. The van der Waals surface area contributed by atoms with Crippen molar-refractivity contribution < 1.29 is 0 Å². The van der Waals surface area contributed by atoms with Crippen LogP contribution in [-0.4, -0.2) is 0 Å². The van der Waals surface area contributed by atoms with Gasteiger partial charge in [-0.05, 0) is 43.0 Å². The van der Waals surface area contributed by atoms with E-state index in [0.717, 1.165) is 17.0 Å². The van der Waals surface area contributed by atoms with Crippen molar-refractivity contribution in [2.24, 2.45) is 0 Å². The van der Waals surface area contributed by atoms with E-state index in [1.807, 2.05) is 13.0 Å². The third-order valence-electron chi connectivity index (χ3n) is 2.95.